The number of sulfone groups is 1. The van der Waals surface area contributed by atoms with Crippen LogP contribution in [0.15, 0.2) is 114 Å². The molecule has 53 heavy (non-hydrogen) atoms. The van der Waals surface area contributed by atoms with Crippen LogP contribution in [0.1, 0.15) is 5.56 Å². The van der Waals surface area contributed by atoms with Gasteiger partial charge in [-0.2, -0.15) is 16.8 Å². The van der Waals surface area contributed by atoms with Gasteiger partial charge in [-0.25, -0.2) is 16.8 Å². The van der Waals surface area contributed by atoms with Gasteiger partial charge >= 0.3 is 88.7 Å². The molecular weight excluding hydrogens is 812 g/mol. The number of aliphatic imine (C=N–C) groups is 1. The van der Waals surface area contributed by atoms with Crippen LogP contribution in [0.25, 0.3) is 21.5 Å². The summed E-state index contributed by atoms with van der Waals surface area (Å²) in [5.74, 6) is -3.16. The normalized spacial score (nSPS) is 12.6. The van der Waals surface area contributed by atoms with Crippen LogP contribution in [0.4, 0.5) is 17.1 Å². The molecule has 0 atom stereocenters. The number of azo groups is 1. The largest absolute Gasteiger partial charge is 1.00 e. The standard InChI is InChI=1S/C29H23N3O14S4.3Na/c33-10-11-47(36,37)19-8-6-16-7-9-22(28(21(16)14-19)50(44,45)46)31-32-26-24(49(41,42)43)13-18-12-20(48(38,39)40)15-23(25(18)27(26)34)30-29(35)17-4-2-1-3-5-17;;;/h1-9,12-15,33-34H,10-11H2,(H,30,35)(H,38,39,40)(H,41,42,43)(H,44,45,46);;;/q;3*+1/p-3. The molecule has 0 aliphatic carbocycles. The van der Waals surface area contributed by atoms with Crippen LogP contribution in [0, 0.1) is 0 Å². The first-order valence-electron chi connectivity index (χ1n) is 13.6. The van der Waals surface area contributed by atoms with Crippen LogP contribution in [0.3, 0.4) is 0 Å². The fourth-order valence-electron chi connectivity index (χ4n) is 4.85. The second kappa shape index (κ2) is 17.9. The van der Waals surface area contributed by atoms with Gasteiger partial charge in [0.1, 0.15) is 25.6 Å². The summed E-state index contributed by atoms with van der Waals surface area (Å²) in [7, 11) is -20.1. The van der Waals surface area contributed by atoms with Crippen molar-refractivity contribution >= 4 is 84.7 Å². The Hall–Kier alpha value is -1.87. The third-order valence-electron chi connectivity index (χ3n) is 7.05. The van der Waals surface area contributed by atoms with E-state index >= 15 is 0 Å². The third-order valence-corrected chi connectivity index (χ3v) is 11.4. The Labute approximate surface area is 368 Å². The molecule has 0 aromatic heterocycles. The molecule has 5 aromatic carbocycles. The predicted molar refractivity (Wildman–Crippen MR) is 171 cm³/mol. The maximum atomic E-state index is 13.8. The SMILES string of the molecule is O=S(=O)([O-])c1cc(N=C([O-])c2ccccc2)c2c([O-])c(N=Nc3ccc4ccc(S(=O)(=O)CCO)cc4c3S(=O)(=O)O)c(S(=O)(=O)O)cc2c1.[Na+].[Na+].[Na+]. The molecule has 17 nitrogen and oxygen atoms in total. The topological polar surface area (TPSA) is 304 Å². The molecule has 5 aromatic rings. The van der Waals surface area contributed by atoms with Gasteiger partial charge in [-0.3, -0.25) is 14.1 Å². The van der Waals surface area contributed by atoms with E-state index in [0.717, 1.165) is 18.2 Å². The quantitative estimate of drug-likeness (QED) is 0.0388. The van der Waals surface area contributed by atoms with Crippen LogP contribution in [-0.2, 0) is 40.2 Å². The number of nitrogens with zero attached hydrogens (tertiary/aromatic N) is 3. The summed E-state index contributed by atoms with van der Waals surface area (Å²) in [4.78, 5) is -0.00218. The first kappa shape index (κ1) is 47.3. The third kappa shape index (κ3) is 10.5. The fraction of sp³-hybridized carbons (Fsp3) is 0.0690. The minimum atomic E-state index is -5.41. The van der Waals surface area contributed by atoms with Crippen molar-refractivity contribution in [1.29, 1.82) is 0 Å². The number of hydrogen-bond acceptors (Lipinski definition) is 15. The molecule has 0 amide bonds. The number of aliphatic hydroxyl groups excluding tert-OH is 1. The second-order valence-corrected chi connectivity index (χ2v) is 16.6. The smallest absolute Gasteiger partial charge is 0.870 e. The van der Waals surface area contributed by atoms with E-state index in [0.29, 0.717) is 18.2 Å². The van der Waals surface area contributed by atoms with Crippen molar-refractivity contribution in [2.45, 2.75) is 19.6 Å². The van der Waals surface area contributed by atoms with E-state index in [4.69, 9.17) is 5.11 Å². The Balaban J connectivity index is 0.00000324. The van der Waals surface area contributed by atoms with Crippen LogP contribution in [0.2, 0.25) is 0 Å². The molecule has 0 unspecified atom stereocenters. The minimum absolute atomic E-state index is 0. The molecule has 0 fully saturated rings. The van der Waals surface area contributed by atoms with Gasteiger partial charge in [0.05, 0.1) is 33.5 Å². The molecule has 24 heteroatoms. The number of rotatable bonds is 10. The first-order chi connectivity index (χ1) is 23.2. The second-order valence-electron chi connectivity index (χ2n) is 10.3. The van der Waals surface area contributed by atoms with Crippen LogP contribution >= 0.6 is 0 Å². The molecule has 0 aliphatic rings. The van der Waals surface area contributed by atoms with Gasteiger partial charge in [0.2, 0.25) is 0 Å². The molecule has 262 valence electrons. The van der Waals surface area contributed by atoms with Gasteiger partial charge in [0, 0.05) is 10.8 Å². The number of benzene rings is 5. The van der Waals surface area contributed by atoms with Gasteiger partial charge in [-0.05, 0) is 58.6 Å². The molecule has 3 N–H and O–H groups in total. The van der Waals surface area contributed by atoms with Crippen LogP contribution in [0.5, 0.6) is 5.75 Å². The maximum absolute atomic E-state index is 13.8. The van der Waals surface area contributed by atoms with E-state index < -0.39 is 117 Å². The predicted octanol–water partition coefficient (Wildman–Crippen LogP) is -6.90. The van der Waals surface area contributed by atoms with Crippen molar-refractivity contribution in [2.24, 2.45) is 15.2 Å². The fourth-order valence-corrected chi connectivity index (χ4v) is 7.90. The average molecular weight is 832 g/mol. The van der Waals surface area contributed by atoms with Gasteiger partial charge < -0.3 is 19.9 Å². The van der Waals surface area contributed by atoms with Crippen molar-refractivity contribution in [1.82, 2.24) is 0 Å². The van der Waals surface area contributed by atoms with Crippen molar-refractivity contribution < 1.29 is 151 Å². The molecule has 0 spiro atoms. The van der Waals surface area contributed by atoms with E-state index in [2.05, 4.69) is 15.2 Å². The van der Waals surface area contributed by atoms with E-state index in [-0.39, 0.29) is 99.6 Å². The van der Waals surface area contributed by atoms with Crippen molar-refractivity contribution in [3.8, 4) is 5.75 Å². The van der Waals surface area contributed by atoms with Crippen molar-refractivity contribution in [3.05, 3.63) is 84.4 Å². The number of hydrogen-bond donors (Lipinski definition) is 3. The molecule has 0 aliphatic heterocycles. The Bertz CT molecular complexity index is 2730. The Morgan fingerprint density at radius 2 is 1.32 bits per heavy atom. The molecule has 0 saturated carbocycles. The van der Waals surface area contributed by atoms with Crippen LogP contribution < -0.4 is 98.9 Å². The maximum Gasteiger partial charge on any atom is 1.00 e. The Morgan fingerprint density at radius 3 is 1.89 bits per heavy atom. The molecule has 0 heterocycles. The Morgan fingerprint density at radius 1 is 0.698 bits per heavy atom. The summed E-state index contributed by atoms with van der Waals surface area (Å²) < 4.78 is 131. The molecule has 0 bridgehead atoms. The minimum Gasteiger partial charge on any atom is -0.870 e. The summed E-state index contributed by atoms with van der Waals surface area (Å²) in [5, 5.41) is 41.5. The zero-order valence-corrected chi connectivity index (χ0v) is 37.0. The molecule has 0 radical (unpaired) electrons. The number of aliphatic hydroxyl groups is 1. The average Bonchev–Trinajstić information content (AvgIpc) is 3.02. The zero-order chi connectivity index (χ0) is 36.8. The summed E-state index contributed by atoms with van der Waals surface area (Å²) in [6.07, 6.45) is 0. The van der Waals surface area contributed by atoms with E-state index in [1.165, 1.54) is 36.4 Å². The molecule has 5 rings (SSSR count). The number of fused-ring (bicyclic) bond motifs is 2. The summed E-state index contributed by atoms with van der Waals surface area (Å²) in [6.45, 7) is -0.761. The van der Waals surface area contributed by atoms with Gasteiger partial charge in [0.25, 0.3) is 20.2 Å². The molecule has 0 saturated heterocycles. The van der Waals surface area contributed by atoms with E-state index in [9.17, 15) is 57.5 Å². The van der Waals surface area contributed by atoms with Crippen molar-refractivity contribution in [2.75, 3.05) is 12.4 Å². The van der Waals surface area contributed by atoms with Crippen LogP contribution in [-0.4, -0.2) is 70.7 Å². The summed E-state index contributed by atoms with van der Waals surface area (Å²) >= 11 is 0. The van der Waals surface area contributed by atoms with Gasteiger partial charge in [-0.15, -0.1) is 10.2 Å². The first-order valence-corrected chi connectivity index (χ1v) is 19.5. The summed E-state index contributed by atoms with van der Waals surface area (Å²) in [6, 6.07) is 14.3. The van der Waals surface area contributed by atoms with Crippen molar-refractivity contribution in [3.63, 3.8) is 0 Å². The van der Waals surface area contributed by atoms with Gasteiger partial charge in [0.15, 0.2) is 9.84 Å². The van der Waals surface area contributed by atoms with Gasteiger partial charge in [-0.1, -0.05) is 48.2 Å². The molecular formula is C29H20N3Na3O14S4. The van der Waals surface area contributed by atoms with E-state index in [1.807, 2.05) is 0 Å². The monoisotopic (exact) mass is 831 g/mol. The Kier molecular flexibility index (Phi) is 16.0. The zero-order valence-electron chi connectivity index (χ0n) is 27.7. The summed E-state index contributed by atoms with van der Waals surface area (Å²) in [5.41, 5.74) is -2.68. The van der Waals surface area contributed by atoms with E-state index in [1.54, 1.807) is 6.07 Å².